The molecule has 4 nitrogen and oxygen atoms in total. The number of halogens is 1. The fourth-order valence-electron chi connectivity index (χ4n) is 3.10. The van der Waals surface area contributed by atoms with Crippen LogP contribution < -0.4 is 0 Å². The molecule has 2 aromatic carbocycles. The largest absolute Gasteiger partial charge is 0.481 e. The average molecular weight is 397 g/mol. The summed E-state index contributed by atoms with van der Waals surface area (Å²) in [7, 11) is 0. The van der Waals surface area contributed by atoms with E-state index in [9.17, 15) is 19.1 Å². The lowest BCUT2D eigenvalue weighted by molar-refractivity contribution is -0.150. The third kappa shape index (κ3) is 4.89. The summed E-state index contributed by atoms with van der Waals surface area (Å²) in [6, 6.07) is 15.4. The summed E-state index contributed by atoms with van der Waals surface area (Å²) in [6.07, 6.45) is 0.258. The van der Waals surface area contributed by atoms with Crippen LogP contribution in [0.5, 0.6) is 0 Å². The summed E-state index contributed by atoms with van der Waals surface area (Å²) in [5.74, 6) is -1.52. The van der Waals surface area contributed by atoms with E-state index in [1.165, 1.54) is 23.5 Å². The van der Waals surface area contributed by atoms with Crippen LogP contribution in [0.15, 0.2) is 60.0 Å². The minimum Gasteiger partial charge on any atom is -0.481 e. The molecule has 1 N–H and O–H groups in total. The van der Waals surface area contributed by atoms with E-state index in [0.717, 1.165) is 5.56 Å². The summed E-state index contributed by atoms with van der Waals surface area (Å²) in [5, 5.41) is 12.1. The number of nitrogens with zero attached hydrogens (tertiary/aromatic N) is 1. The Labute approximate surface area is 166 Å². The van der Waals surface area contributed by atoms with Crippen LogP contribution in [-0.2, 0) is 22.4 Å². The number of carboxylic acid groups (broad SMARTS) is 1. The number of carbonyl (C=O) groups is 2. The number of aliphatic carboxylic acids is 1. The Morgan fingerprint density at radius 2 is 1.89 bits per heavy atom. The first-order valence-electron chi connectivity index (χ1n) is 8.85. The number of ketones is 1. The highest BCUT2D eigenvalue weighted by molar-refractivity contribution is 7.13. The van der Waals surface area contributed by atoms with E-state index in [1.54, 1.807) is 24.4 Å². The molecule has 3 aromatic rings. The van der Waals surface area contributed by atoms with Crippen molar-refractivity contribution in [3.05, 3.63) is 77.1 Å². The normalized spacial score (nSPS) is 13.1. The fourth-order valence-corrected chi connectivity index (χ4v) is 3.92. The van der Waals surface area contributed by atoms with Crippen molar-refractivity contribution < 1.29 is 19.1 Å². The van der Waals surface area contributed by atoms with Crippen LogP contribution in [0.4, 0.5) is 4.39 Å². The maximum atomic E-state index is 13.4. The van der Waals surface area contributed by atoms with Crippen molar-refractivity contribution in [2.75, 3.05) is 0 Å². The van der Waals surface area contributed by atoms with E-state index in [0.29, 0.717) is 16.3 Å². The van der Waals surface area contributed by atoms with Crippen molar-refractivity contribution in [1.29, 1.82) is 0 Å². The minimum atomic E-state index is -1.18. The second kappa shape index (κ2) is 8.44. The number of benzene rings is 2. The van der Waals surface area contributed by atoms with Crippen LogP contribution in [0.1, 0.15) is 24.6 Å². The van der Waals surface area contributed by atoms with E-state index in [-0.39, 0.29) is 30.9 Å². The van der Waals surface area contributed by atoms with Gasteiger partial charge in [0.1, 0.15) is 16.6 Å². The maximum Gasteiger partial charge on any atom is 0.310 e. The van der Waals surface area contributed by atoms with Crippen molar-refractivity contribution in [2.45, 2.75) is 26.2 Å². The Kier molecular flexibility index (Phi) is 5.99. The molecular weight excluding hydrogens is 377 g/mol. The number of hydrogen-bond acceptors (Lipinski definition) is 4. The van der Waals surface area contributed by atoms with Gasteiger partial charge in [0.15, 0.2) is 0 Å². The molecule has 0 spiro atoms. The van der Waals surface area contributed by atoms with E-state index >= 15 is 0 Å². The van der Waals surface area contributed by atoms with Crippen molar-refractivity contribution in [3.63, 3.8) is 0 Å². The van der Waals surface area contributed by atoms with Crippen LogP contribution in [0, 0.1) is 11.2 Å². The van der Waals surface area contributed by atoms with Crippen LogP contribution in [0.3, 0.4) is 0 Å². The molecule has 1 atom stereocenters. The molecular formula is C22H20FNO3S. The van der Waals surface area contributed by atoms with Gasteiger partial charge < -0.3 is 5.11 Å². The van der Waals surface area contributed by atoms with Crippen molar-refractivity contribution in [3.8, 4) is 10.6 Å². The predicted molar refractivity (Wildman–Crippen MR) is 107 cm³/mol. The van der Waals surface area contributed by atoms with Gasteiger partial charge in [-0.2, -0.15) is 0 Å². The fraction of sp³-hybridized carbons (Fsp3) is 0.227. The number of hydrogen-bond donors (Lipinski definition) is 1. The van der Waals surface area contributed by atoms with E-state index in [2.05, 4.69) is 4.98 Å². The highest BCUT2D eigenvalue weighted by atomic mass is 32.1. The Bertz CT molecular complexity index is 986. The van der Waals surface area contributed by atoms with Crippen molar-refractivity contribution >= 4 is 23.1 Å². The van der Waals surface area contributed by atoms with Gasteiger partial charge in [-0.25, -0.2) is 9.37 Å². The zero-order valence-corrected chi connectivity index (χ0v) is 16.2. The third-order valence-corrected chi connectivity index (χ3v) is 5.48. The predicted octanol–water partition coefficient (Wildman–Crippen LogP) is 4.78. The van der Waals surface area contributed by atoms with Gasteiger partial charge in [0.2, 0.25) is 0 Å². The molecule has 3 rings (SSSR count). The first-order valence-corrected chi connectivity index (χ1v) is 9.73. The highest BCUT2D eigenvalue weighted by Gasteiger charge is 2.35. The lowest BCUT2D eigenvalue weighted by atomic mass is 9.79. The van der Waals surface area contributed by atoms with Crippen LogP contribution >= 0.6 is 11.3 Å². The first kappa shape index (κ1) is 19.9. The molecule has 0 saturated heterocycles. The van der Waals surface area contributed by atoms with E-state index in [4.69, 9.17) is 0 Å². The monoisotopic (exact) mass is 397 g/mol. The molecule has 0 saturated carbocycles. The lowest BCUT2D eigenvalue weighted by Crippen LogP contribution is -2.33. The van der Waals surface area contributed by atoms with Crippen molar-refractivity contribution in [1.82, 2.24) is 4.98 Å². The molecule has 1 heterocycles. The standard InChI is InChI=1S/C22H20FNO3S/c1-22(21(26)27,12-15-6-3-2-4-7-15)13-19(25)11-18-14-28-20(24-18)16-8-5-9-17(23)10-16/h2-10,14H,11-13H2,1H3,(H,26,27). The Balaban J connectivity index is 1.69. The summed E-state index contributed by atoms with van der Waals surface area (Å²) in [5.41, 5.74) is 0.923. The molecule has 28 heavy (non-hydrogen) atoms. The number of carboxylic acids is 1. The molecule has 0 bridgehead atoms. The Morgan fingerprint density at radius 3 is 2.57 bits per heavy atom. The van der Waals surface area contributed by atoms with Gasteiger partial charge >= 0.3 is 5.97 Å². The minimum absolute atomic E-state index is 0.0590. The number of aromatic nitrogens is 1. The first-order chi connectivity index (χ1) is 13.4. The van der Waals surface area contributed by atoms with Gasteiger partial charge in [0.05, 0.1) is 11.1 Å². The number of thiazole rings is 1. The SMILES string of the molecule is CC(CC(=O)Cc1csc(-c2cccc(F)c2)n1)(Cc1ccccc1)C(=O)O. The quantitative estimate of drug-likeness (QED) is 0.594. The van der Waals surface area contributed by atoms with Gasteiger partial charge in [0, 0.05) is 23.8 Å². The summed E-state index contributed by atoms with van der Waals surface area (Å²) >= 11 is 1.33. The van der Waals surface area contributed by atoms with Gasteiger partial charge in [-0.05, 0) is 31.0 Å². The maximum absolute atomic E-state index is 13.4. The Morgan fingerprint density at radius 1 is 1.14 bits per heavy atom. The summed E-state index contributed by atoms with van der Waals surface area (Å²) in [6.45, 7) is 1.60. The third-order valence-electron chi connectivity index (χ3n) is 4.54. The van der Waals surface area contributed by atoms with Gasteiger partial charge in [-0.3, -0.25) is 9.59 Å². The lowest BCUT2D eigenvalue weighted by Gasteiger charge is -2.24. The zero-order valence-electron chi connectivity index (χ0n) is 15.4. The van der Waals surface area contributed by atoms with Crippen LogP contribution in [0.2, 0.25) is 0 Å². The molecule has 6 heteroatoms. The topological polar surface area (TPSA) is 67.3 Å². The Hall–Kier alpha value is -2.86. The molecule has 0 fully saturated rings. The van der Waals surface area contributed by atoms with Crippen LogP contribution in [0.25, 0.3) is 10.6 Å². The molecule has 1 aromatic heterocycles. The molecule has 144 valence electrons. The number of carbonyl (C=O) groups excluding carboxylic acids is 1. The zero-order chi connectivity index (χ0) is 20.1. The van der Waals surface area contributed by atoms with Gasteiger partial charge in [0.25, 0.3) is 0 Å². The smallest absolute Gasteiger partial charge is 0.310 e. The molecule has 0 aliphatic rings. The molecule has 0 aliphatic heterocycles. The molecule has 0 amide bonds. The molecule has 0 radical (unpaired) electrons. The van der Waals surface area contributed by atoms with Gasteiger partial charge in [-0.1, -0.05) is 42.5 Å². The second-order valence-electron chi connectivity index (χ2n) is 7.07. The van der Waals surface area contributed by atoms with Crippen LogP contribution in [-0.4, -0.2) is 21.8 Å². The summed E-state index contributed by atoms with van der Waals surface area (Å²) < 4.78 is 13.4. The average Bonchev–Trinajstić information content (AvgIpc) is 3.10. The second-order valence-corrected chi connectivity index (χ2v) is 7.93. The molecule has 0 aliphatic carbocycles. The number of Topliss-reactive ketones (excluding diaryl/α,β-unsaturated/α-hetero) is 1. The van der Waals surface area contributed by atoms with Crippen molar-refractivity contribution in [2.24, 2.45) is 5.41 Å². The van der Waals surface area contributed by atoms with E-state index < -0.39 is 11.4 Å². The molecule has 1 unspecified atom stereocenters. The number of rotatable bonds is 8. The van der Waals surface area contributed by atoms with Gasteiger partial charge in [-0.15, -0.1) is 11.3 Å². The highest BCUT2D eigenvalue weighted by Crippen LogP contribution is 2.29. The van der Waals surface area contributed by atoms with E-state index in [1.807, 2.05) is 30.3 Å². The summed E-state index contributed by atoms with van der Waals surface area (Å²) in [4.78, 5) is 28.8.